The van der Waals surface area contributed by atoms with Crippen LogP contribution in [0.4, 0.5) is 0 Å². The summed E-state index contributed by atoms with van der Waals surface area (Å²) in [5.74, 6) is -0.0256. The minimum Gasteiger partial charge on any atom is -0.431 e. The van der Waals surface area contributed by atoms with Gasteiger partial charge in [-0.15, -0.1) is 0 Å². The van der Waals surface area contributed by atoms with E-state index in [1.807, 2.05) is 55.5 Å². The molecule has 0 saturated carbocycles. The molecule has 0 radical (unpaired) electrons. The molecule has 0 unspecified atom stereocenters. The van der Waals surface area contributed by atoms with E-state index < -0.39 is 0 Å². The third-order valence-electron chi connectivity index (χ3n) is 2.97. The molecule has 0 amide bonds. The molecule has 0 aliphatic carbocycles. The van der Waals surface area contributed by atoms with Crippen molar-refractivity contribution in [3.63, 3.8) is 0 Å². The molecule has 0 aliphatic heterocycles. The van der Waals surface area contributed by atoms with Crippen LogP contribution in [0.3, 0.4) is 0 Å². The quantitative estimate of drug-likeness (QED) is 0.400. The first-order valence-corrected chi connectivity index (χ1v) is 7.40. The Bertz CT molecular complexity index is 787. The Kier molecular flexibility index (Phi) is 3.88. The second-order valence-electron chi connectivity index (χ2n) is 4.60. The first-order chi connectivity index (χ1) is 10.2. The molecule has 1 aromatic heterocycles. The predicted octanol–water partition coefficient (Wildman–Crippen LogP) is 4.62. The fourth-order valence-corrected chi connectivity index (χ4v) is 2.55. The third-order valence-corrected chi connectivity index (χ3v) is 3.61. The van der Waals surface area contributed by atoms with Crippen LogP contribution < -0.4 is 0 Å². The molecule has 0 saturated heterocycles. The van der Waals surface area contributed by atoms with Crippen LogP contribution in [-0.4, -0.2) is 10.8 Å². The minimum atomic E-state index is -0.0256. The molecule has 0 N–H and O–H groups in total. The molecular weight excluding hydrogens is 282 g/mol. The van der Waals surface area contributed by atoms with E-state index in [-0.39, 0.29) is 5.78 Å². The maximum atomic E-state index is 12.0. The fourth-order valence-electron chi connectivity index (χ4n) is 1.95. The highest BCUT2D eigenvalue weighted by Gasteiger charge is 2.05. The molecule has 2 aromatic carbocycles. The van der Waals surface area contributed by atoms with E-state index in [0.717, 1.165) is 16.7 Å². The summed E-state index contributed by atoms with van der Waals surface area (Å²) < 4.78 is 5.56. The smallest absolute Gasteiger partial charge is 0.261 e. The van der Waals surface area contributed by atoms with Crippen molar-refractivity contribution in [1.82, 2.24) is 4.98 Å². The monoisotopic (exact) mass is 295 g/mol. The first kappa shape index (κ1) is 13.6. The Balaban J connectivity index is 1.70. The number of carbonyl (C=O) groups excluding carboxylic acids is 1. The van der Waals surface area contributed by atoms with Crippen LogP contribution in [0.2, 0.25) is 0 Å². The standard InChI is InChI=1S/C17H13NO2S/c1-12-5-4-6-13(11-12)15(19)9-10-21-17-18-14-7-2-3-8-16(14)20-17/h2-11H,1H3/b10-9-. The van der Waals surface area contributed by atoms with Gasteiger partial charge in [-0.1, -0.05) is 35.9 Å². The van der Waals surface area contributed by atoms with Gasteiger partial charge < -0.3 is 4.42 Å². The molecule has 0 fully saturated rings. The Morgan fingerprint density at radius 2 is 2.05 bits per heavy atom. The zero-order chi connectivity index (χ0) is 14.7. The lowest BCUT2D eigenvalue weighted by Gasteiger charge is -1.96. The molecule has 104 valence electrons. The number of benzene rings is 2. The van der Waals surface area contributed by atoms with Crippen molar-refractivity contribution in [1.29, 1.82) is 0 Å². The van der Waals surface area contributed by atoms with Gasteiger partial charge >= 0.3 is 0 Å². The lowest BCUT2D eigenvalue weighted by Crippen LogP contribution is -1.93. The van der Waals surface area contributed by atoms with E-state index in [9.17, 15) is 4.79 Å². The van der Waals surface area contributed by atoms with Gasteiger partial charge in [-0.25, -0.2) is 4.98 Å². The molecular formula is C17H13NO2S. The number of aromatic nitrogens is 1. The van der Waals surface area contributed by atoms with Crippen LogP contribution in [0.15, 0.2) is 69.7 Å². The van der Waals surface area contributed by atoms with E-state index in [1.54, 1.807) is 5.41 Å². The number of fused-ring (bicyclic) bond motifs is 1. The normalized spacial score (nSPS) is 11.3. The van der Waals surface area contributed by atoms with Crippen LogP contribution in [0.1, 0.15) is 15.9 Å². The number of oxazole rings is 1. The summed E-state index contributed by atoms with van der Waals surface area (Å²) in [4.78, 5) is 16.3. The lowest BCUT2D eigenvalue weighted by atomic mass is 10.1. The number of rotatable bonds is 4. The summed E-state index contributed by atoms with van der Waals surface area (Å²) in [7, 11) is 0. The summed E-state index contributed by atoms with van der Waals surface area (Å²) in [6.07, 6.45) is 1.54. The number of aryl methyl sites for hydroxylation is 1. The van der Waals surface area contributed by atoms with E-state index in [4.69, 9.17) is 4.42 Å². The van der Waals surface area contributed by atoms with Gasteiger partial charge in [0.05, 0.1) is 0 Å². The van der Waals surface area contributed by atoms with E-state index >= 15 is 0 Å². The van der Waals surface area contributed by atoms with Gasteiger partial charge in [0.1, 0.15) is 5.52 Å². The van der Waals surface area contributed by atoms with Gasteiger partial charge in [0.2, 0.25) is 0 Å². The Hall–Kier alpha value is -2.33. The number of ketones is 1. The van der Waals surface area contributed by atoms with Gasteiger partial charge in [0.25, 0.3) is 5.22 Å². The van der Waals surface area contributed by atoms with Crippen LogP contribution in [0, 0.1) is 6.92 Å². The molecule has 0 aliphatic rings. The highest BCUT2D eigenvalue weighted by atomic mass is 32.2. The van der Waals surface area contributed by atoms with Gasteiger partial charge in [-0.05, 0) is 48.4 Å². The van der Waals surface area contributed by atoms with Crippen molar-refractivity contribution in [2.45, 2.75) is 12.1 Å². The molecule has 21 heavy (non-hydrogen) atoms. The molecule has 0 bridgehead atoms. The maximum absolute atomic E-state index is 12.0. The van der Waals surface area contributed by atoms with E-state index in [0.29, 0.717) is 10.8 Å². The molecule has 0 atom stereocenters. The van der Waals surface area contributed by atoms with Crippen molar-refractivity contribution < 1.29 is 9.21 Å². The molecule has 4 heteroatoms. The molecule has 3 nitrogen and oxygen atoms in total. The largest absolute Gasteiger partial charge is 0.431 e. The lowest BCUT2D eigenvalue weighted by molar-refractivity contribution is 0.104. The fraction of sp³-hybridized carbons (Fsp3) is 0.0588. The second kappa shape index (κ2) is 5.97. The third kappa shape index (κ3) is 3.23. The first-order valence-electron chi connectivity index (χ1n) is 6.52. The number of thioether (sulfide) groups is 1. The zero-order valence-electron chi connectivity index (χ0n) is 11.4. The average Bonchev–Trinajstić information content (AvgIpc) is 2.89. The number of allylic oxidation sites excluding steroid dienone is 1. The number of hydrogen-bond acceptors (Lipinski definition) is 4. The Labute approximate surface area is 126 Å². The second-order valence-corrected chi connectivity index (χ2v) is 5.46. The Morgan fingerprint density at radius 1 is 1.19 bits per heavy atom. The summed E-state index contributed by atoms with van der Waals surface area (Å²) in [5, 5.41) is 2.24. The molecule has 3 rings (SSSR count). The maximum Gasteiger partial charge on any atom is 0.261 e. The van der Waals surface area contributed by atoms with Crippen molar-refractivity contribution in [2.24, 2.45) is 0 Å². The van der Waals surface area contributed by atoms with Gasteiger partial charge in [0.15, 0.2) is 11.4 Å². The van der Waals surface area contributed by atoms with Crippen LogP contribution in [0.25, 0.3) is 11.1 Å². The minimum absolute atomic E-state index is 0.0256. The van der Waals surface area contributed by atoms with Crippen molar-refractivity contribution in [3.05, 3.63) is 71.1 Å². The zero-order valence-corrected chi connectivity index (χ0v) is 12.3. The number of carbonyl (C=O) groups is 1. The molecule has 0 spiro atoms. The van der Waals surface area contributed by atoms with Crippen LogP contribution >= 0.6 is 11.8 Å². The number of nitrogens with zero attached hydrogens (tertiary/aromatic N) is 1. The summed E-state index contributed by atoms with van der Waals surface area (Å²) in [6, 6.07) is 15.1. The number of hydrogen-bond donors (Lipinski definition) is 0. The topological polar surface area (TPSA) is 43.1 Å². The highest BCUT2D eigenvalue weighted by molar-refractivity contribution is 8.01. The summed E-state index contributed by atoms with van der Waals surface area (Å²) in [6.45, 7) is 1.97. The van der Waals surface area contributed by atoms with Gasteiger partial charge in [-0.3, -0.25) is 4.79 Å². The van der Waals surface area contributed by atoms with Crippen molar-refractivity contribution in [2.75, 3.05) is 0 Å². The summed E-state index contributed by atoms with van der Waals surface area (Å²) in [5.41, 5.74) is 3.32. The molecule has 1 heterocycles. The molecule has 3 aromatic rings. The van der Waals surface area contributed by atoms with E-state index in [1.165, 1.54) is 17.8 Å². The van der Waals surface area contributed by atoms with Gasteiger partial charge in [0, 0.05) is 5.56 Å². The highest BCUT2D eigenvalue weighted by Crippen LogP contribution is 2.23. The predicted molar refractivity (Wildman–Crippen MR) is 84.5 cm³/mol. The number of para-hydroxylation sites is 2. The van der Waals surface area contributed by atoms with Crippen LogP contribution in [-0.2, 0) is 0 Å². The van der Waals surface area contributed by atoms with Gasteiger partial charge in [-0.2, -0.15) is 0 Å². The van der Waals surface area contributed by atoms with Crippen molar-refractivity contribution >= 4 is 28.6 Å². The van der Waals surface area contributed by atoms with E-state index in [2.05, 4.69) is 4.98 Å². The average molecular weight is 295 g/mol. The SMILES string of the molecule is Cc1cccc(C(=O)/C=C\Sc2nc3ccccc3o2)c1. The van der Waals surface area contributed by atoms with Crippen LogP contribution in [0.5, 0.6) is 0 Å². The van der Waals surface area contributed by atoms with Crippen molar-refractivity contribution in [3.8, 4) is 0 Å². The summed E-state index contributed by atoms with van der Waals surface area (Å²) >= 11 is 1.29. The Morgan fingerprint density at radius 3 is 2.86 bits per heavy atom.